The quantitative estimate of drug-likeness (QED) is 0.856. The summed E-state index contributed by atoms with van der Waals surface area (Å²) in [5, 5.41) is 1.92. The van der Waals surface area contributed by atoms with Gasteiger partial charge in [0, 0.05) is 12.0 Å². The lowest BCUT2D eigenvalue weighted by molar-refractivity contribution is 0.116. The van der Waals surface area contributed by atoms with E-state index in [1.54, 1.807) is 13.8 Å². The molecule has 0 bridgehead atoms. The van der Waals surface area contributed by atoms with Crippen LogP contribution in [0.3, 0.4) is 0 Å². The molecule has 0 saturated carbocycles. The maximum absolute atomic E-state index is 11.7. The van der Waals surface area contributed by atoms with Crippen LogP contribution in [0.4, 0.5) is 4.79 Å². The SMILES string of the molecule is [2H]C([2H])(NC(=O)OC(C)C)C([2H])([2H])c1cc(OC)c(Br)cc1OC. The average molecular weight is 350 g/mol. The Kier molecular flexibility index (Phi) is 4.50. The molecule has 1 rings (SSSR count). The number of amides is 1. The molecular formula is C14H20BrNO4. The third kappa shape index (κ3) is 4.92. The van der Waals surface area contributed by atoms with Gasteiger partial charge in [0.15, 0.2) is 0 Å². The highest BCUT2D eigenvalue weighted by molar-refractivity contribution is 9.10. The Hall–Kier alpha value is -1.43. The number of benzene rings is 1. The summed E-state index contributed by atoms with van der Waals surface area (Å²) in [7, 11) is 2.74. The maximum atomic E-state index is 11.7. The summed E-state index contributed by atoms with van der Waals surface area (Å²) in [6.45, 7) is 0.448. The van der Waals surface area contributed by atoms with Gasteiger partial charge in [-0.1, -0.05) is 0 Å². The van der Waals surface area contributed by atoms with Crippen LogP contribution in [0, 0.1) is 0 Å². The lowest BCUT2D eigenvalue weighted by atomic mass is 10.1. The van der Waals surface area contributed by atoms with Crippen LogP contribution in [-0.2, 0) is 11.1 Å². The molecule has 5 nitrogen and oxygen atoms in total. The Labute approximate surface area is 133 Å². The number of methoxy groups -OCH3 is 2. The predicted octanol–water partition coefficient (Wildman–Crippen LogP) is 3.14. The van der Waals surface area contributed by atoms with E-state index < -0.39 is 25.1 Å². The lowest BCUT2D eigenvalue weighted by Crippen LogP contribution is -2.28. The van der Waals surface area contributed by atoms with Gasteiger partial charge in [0.1, 0.15) is 11.5 Å². The monoisotopic (exact) mass is 349 g/mol. The molecule has 0 aliphatic heterocycles. The van der Waals surface area contributed by atoms with Crippen LogP contribution in [0.2, 0.25) is 0 Å². The summed E-state index contributed by atoms with van der Waals surface area (Å²) in [6, 6.07) is 2.78. The van der Waals surface area contributed by atoms with E-state index >= 15 is 0 Å². The minimum absolute atomic E-state index is 0.107. The summed E-state index contributed by atoms with van der Waals surface area (Å²) in [4.78, 5) is 11.7. The number of rotatable bonds is 6. The van der Waals surface area contributed by atoms with E-state index in [0.29, 0.717) is 10.2 Å². The summed E-state index contributed by atoms with van der Waals surface area (Å²) < 4.78 is 47.9. The van der Waals surface area contributed by atoms with Crippen molar-refractivity contribution < 1.29 is 24.5 Å². The standard InChI is InChI=1S/C14H20BrNO4/c1-9(2)20-14(17)16-6-5-10-7-13(19-4)11(15)8-12(10)18-3/h7-9H,5-6H2,1-4H3,(H,16,17)/i5D2,6D2. The Bertz CT molecular complexity index is 611. The largest absolute Gasteiger partial charge is 0.496 e. The molecule has 1 amide bonds. The van der Waals surface area contributed by atoms with Crippen LogP contribution in [0.25, 0.3) is 0 Å². The number of halogens is 1. The van der Waals surface area contributed by atoms with Gasteiger partial charge in [-0.25, -0.2) is 4.79 Å². The molecule has 0 aliphatic rings. The number of hydrogen-bond acceptors (Lipinski definition) is 4. The fourth-order valence-electron chi connectivity index (χ4n) is 1.35. The molecule has 1 aromatic rings. The van der Waals surface area contributed by atoms with Crippen molar-refractivity contribution in [3.05, 3.63) is 22.2 Å². The number of aryl methyl sites for hydroxylation is 1. The first-order valence-corrected chi connectivity index (χ1v) is 6.66. The predicted molar refractivity (Wildman–Crippen MR) is 80.6 cm³/mol. The van der Waals surface area contributed by atoms with Gasteiger partial charge in [-0.2, -0.15) is 0 Å². The van der Waals surface area contributed by atoms with Crippen LogP contribution in [0.1, 0.15) is 24.9 Å². The first-order chi connectivity index (χ1) is 11.0. The Balaban J connectivity index is 3.28. The topological polar surface area (TPSA) is 56.8 Å². The van der Waals surface area contributed by atoms with Crippen molar-refractivity contribution in [2.24, 2.45) is 0 Å². The number of nitrogens with one attached hydrogen (secondary N) is 1. The summed E-state index contributed by atoms with van der Waals surface area (Å²) >= 11 is 3.26. The van der Waals surface area contributed by atoms with Crippen molar-refractivity contribution in [1.82, 2.24) is 5.32 Å². The molecule has 0 atom stereocenters. The van der Waals surface area contributed by atoms with Crippen LogP contribution in [-0.4, -0.2) is 32.9 Å². The Morgan fingerprint density at radius 2 is 2.00 bits per heavy atom. The van der Waals surface area contributed by atoms with E-state index in [-0.39, 0.29) is 11.3 Å². The molecule has 112 valence electrons. The van der Waals surface area contributed by atoms with E-state index in [4.69, 9.17) is 19.7 Å². The number of alkyl carbamates (subject to hydrolysis) is 1. The minimum atomic E-state index is -2.76. The molecular weight excluding hydrogens is 326 g/mol. The van der Waals surface area contributed by atoms with Crippen molar-refractivity contribution in [3.8, 4) is 11.5 Å². The first kappa shape index (κ1) is 11.3. The van der Waals surface area contributed by atoms with Crippen molar-refractivity contribution in [1.29, 1.82) is 0 Å². The molecule has 0 aromatic heterocycles. The summed E-state index contributed by atoms with van der Waals surface area (Å²) in [5.74, 6) is 0.408. The third-order valence-corrected chi connectivity index (χ3v) is 2.80. The van der Waals surface area contributed by atoms with Crippen LogP contribution < -0.4 is 14.8 Å². The normalized spacial score (nSPS) is 14.7. The van der Waals surface area contributed by atoms with Gasteiger partial charge in [-0.15, -0.1) is 0 Å². The van der Waals surface area contributed by atoms with E-state index in [1.807, 2.05) is 5.32 Å². The molecule has 6 heteroatoms. The molecule has 0 radical (unpaired) electrons. The second-order valence-electron chi connectivity index (χ2n) is 4.02. The molecule has 1 N–H and O–H groups in total. The third-order valence-electron chi connectivity index (χ3n) is 2.18. The van der Waals surface area contributed by atoms with Gasteiger partial charge in [0.2, 0.25) is 0 Å². The summed E-state index contributed by atoms with van der Waals surface area (Å²) in [6.07, 6.45) is -4.14. The zero-order chi connectivity index (χ0) is 18.7. The van der Waals surface area contributed by atoms with Crippen LogP contribution in [0.15, 0.2) is 16.6 Å². The zero-order valence-corrected chi connectivity index (χ0v) is 13.3. The smallest absolute Gasteiger partial charge is 0.407 e. The first-order valence-electron chi connectivity index (χ1n) is 7.87. The number of carbonyl (C=O) groups excluding carboxylic acids is 1. The minimum Gasteiger partial charge on any atom is -0.496 e. The molecule has 0 saturated heterocycles. The van der Waals surface area contributed by atoms with E-state index in [0.717, 1.165) is 0 Å². The van der Waals surface area contributed by atoms with Gasteiger partial charge < -0.3 is 19.5 Å². The van der Waals surface area contributed by atoms with Gasteiger partial charge >= 0.3 is 6.09 Å². The molecule has 1 aromatic carbocycles. The molecule has 0 aliphatic carbocycles. The van der Waals surface area contributed by atoms with Crippen LogP contribution >= 0.6 is 15.9 Å². The van der Waals surface area contributed by atoms with Gasteiger partial charge in [-0.05, 0) is 53.8 Å². The van der Waals surface area contributed by atoms with Crippen molar-refractivity contribution in [2.75, 3.05) is 20.7 Å². The number of carbonyl (C=O) groups is 1. The van der Waals surface area contributed by atoms with E-state index in [9.17, 15) is 4.79 Å². The van der Waals surface area contributed by atoms with Crippen molar-refractivity contribution >= 4 is 22.0 Å². The molecule has 0 unspecified atom stereocenters. The van der Waals surface area contributed by atoms with E-state index in [2.05, 4.69) is 15.9 Å². The lowest BCUT2D eigenvalue weighted by Gasteiger charge is -2.13. The Morgan fingerprint density at radius 3 is 2.55 bits per heavy atom. The fourth-order valence-corrected chi connectivity index (χ4v) is 1.84. The summed E-state index contributed by atoms with van der Waals surface area (Å²) in [5.41, 5.74) is -0.111. The zero-order valence-electron chi connectivity index (χ0n) is 15.7. The van der Waals surface area contributed by atoms with Gasteiger partial charge in [0.25, 0.3) is 0 Å². The van der Waals surface area contributed by atoms with Crippen molar-refractivity contribution in [3.63, 3.8) is 0 Å². The highest BCUT2D eigenvalue weighted by Gasteiger charge is 2.10. The maximum Gasteiger partial charge on any atom is 0.407 e. The number of hydrogen-bond donors (Lipinski definition) is 1. The average Bonchev–Trinajstić information content (AvgIpc) is 2.44. The van der Waals surface area contributed by atoms with Crippen molar-refractivity contribution in [2.45, 2.75) is 26.3 Å². The molecule has 20 heavy (non-hydrogen) atoms. The molecule has 0 fully saturated rings. The fraction of sp³-hybridized carbons (Fsp3) is 0.500. The number of ether oxygens (including phenoxy) is 3. The van der Waals surface area contributed by atoms with Gasteiger partial charge in [-0.3, -0.25) is 0 Å². The second-order valence-corrected chi connectivity index (χ2v) is 4.87. The van der Waals surface area contributed by atoms with E-state index in [1.165, 1.54) is 26.4 Å². The van der Waals surface area contributed by atoms with Gasteiger partial charge in [0.05, 0.1) is 24.8 Å². The molecule has 0 spiro atoms. The molecule has 0 heterocycles. The highest BCUT2D eigenvalue weighted by atomic mass is 79.9. The van der Waals surface area contributed by atoms with Crippen LogP contribution in [0.5, 0.6) is 11.5 Å². The highest BCUT2D eigenvalue weighted by Crippen LogP contribution is 2.32. The Morgan fingerprint density at radius 1 is 1.35 bits per heavy atom. The second kappa shape index (κ2) is 7.99.